The van der Waals surface area contributed by atoms with Gasteiger partial charge in [-0.25, -0.2) is 9.98 Å². The number of benzene rings is 1. The van der Waals surface area contributed by atoms with E-state index < -0.39 is 0 Å². The molecule has 2 N–H and O–H groups in total. The highest BCUT2D eigenvalue weighted by Crippen LogP contribution is 2.14. The first-order valence-electron chi connectivity index (χ1n) is 7.92. The van der Waals surface area contributed by atoms with Crippen LogP contribution in [0.15, 0.2) is 48.0 Å². The number of ether oxygens (including phenoxy) is 1. The number of hydrogen-bond donors (Lipinski definition) is 2. The molecule has 0 fully saturated rings. The van der Waals surface area contributed by atoms with Crippen molar-refractivity contribution in [2.75, 3.05) is 26.8 Å². The van der Waals surface area contributed by atoms with Gasteiger partial charge in [-0.05, 0) is 25.0 Å². The number of rotatable bonds is 8. The molecule has 0 unspecified atom stereocenters. The molecule has 0 bridgehead atoms. The largest absolute Gasteiger partial charge is 0.385 e. The molecule has 0 spiro atoms. The number of para-hydroxylation sites is 1. The van der Waals surface area contributed by atoms with E-state index in [4.69, 9.17) is 4.74 Å². The fraction of sp³-hybridized carbons (Fsp3) is 0.412. The van der Waals surface area contributed by atoms with Gasteiger partial charge in [0.1, 0.15) is 0 Å². The van der Waals surface area contributed by atoms with E-state index in [1.807, 2.05) is 22.9 Å². The second-order valence-electron chi connectivity index (χ2n) is 5.07. The number of hydrogen-bond acceptors (Lipinski definition) is 3. The molecule has 0 saturated heterocycles. The fourth-order valence-corrected chi connectivity index (χ4v) is 2.23. The fourth-order valence-electron chi connectivity index (χ4n) is 2.23. The van der Waals surface area contributed by atoms with Crippen molar-refractivity contribution < 1.29 is 4.74 Å². The number of methoxy groups -OCH3 is 1. The lowest BCUT2D eigenvalue weighted by molar-refractivity contribution is 0.195. The normalized spacial score (nSPS) is 11.0. The Morgan fingerprint density at radius 3 is 2.83 bits per heavy atom. The Morgan fingerprint density at radius 1 is 1.29 bits per heavy atom. The van der Waals surface area contributed by atoms with Crippen LogP contribution >= 0.6 is 24.0 Å². The summed E-state index contributed by atoms with van der Waals surface area (Å²) in [5.41, 5.74) is 2.25. The first-order valence-corrected chi connectivity index (χ1v) is 7.92. The van der Waals surface area contributed by atoms with E-state index in [-0.39, 0.29) is 24.0 Å². The minimum Gasteiger partial charge on any atom is -0.385 e. The molecule has 0 aliphatic carbocycles. The monoisotopic (exact) mass is 443 g/mol. The van der Waals surface area contributed by atoms with Crippen molar-refractivity contribution >= 4 is 29.9 Å². The van der Waals surface area contributed by atoms with Crippen LogP contribution < -0.4 is 10.6 Å². The third-order valence-electron chi connectivity index (χ3n) is 3.34. The summed E-state index contributed by atoms with van der Waals surface area (Å²) in [5.74, 6) is 0.823. The van der Waals surface area contributed by atoms with Gasteiger partial charge in [-0.3, -0.25) is 0 Å². The summed E-state index contributed by atoms with van der Waals surface area (Å²) in [6.07, 6.45) is 6.47. The predicted molar refractivity (Wildman–Crippen MR) is 108 cm³/mol. The number of nitrogens with one attached hydrogen (secondary N) is 2. The van der Waals surface area contributed by atoms with Crippen molar-refractivity contribution in [1.82, 2.24) is 20.2 Å². The molecule has 2 aromatic rings. The van der Waals surface area contributed by atoms with Crippen LogP contribution in [0.25, 0.3) is 5.69 Å². The maximum atomic E-state index is 5.06. The van der Waals surface area contributed by atoms with Gasteiger partial charge < -0.3 is 19.9 Å². The zero-order valence-corrected chi connectivity index (χ0v) is 16.6. The van der Waals surface area contributed by atoms with E-state index in [0.717, 1.165) is 43.3 Å². The molecule has 132 valence electrons. The highest BCUT2D eigenvalue weighted by molar-refractivity contribution is 14.0. The van der Waals surface area contributed by atoms with Crippen LogP contribution in [0.1, 0.15) is 18.9 Å². The molecule has 0 aliphatic rings. The minimum atomic E-state index is 0. The summed E-state index contributed by atoms with van der Waals surface area (Å²) in [7, 11) is 1.71. The summed E-state index contributed by atoms with van der Waals surface area (Å²) >= 11 is 0. The molecule has 6 nitrogen and oxygen atoms in total. The van der Waals surface area contributed by atoms with Gasteiger partial charge in [0.05, 0.1) is 18.6 Å². The van der Waals surface area contributed by atoms with E-state index >= 15 is 0 Å². The third kappa shape index (κ3) is 6.48. The lowest BCUT2D eigenvalue weighted by Gasteiger charge is -2.12. The van der Waals surface area contributed by atoms with Gasteiger partial charge in [0.2, 0.25) is 0 Å². The van der Waals surface area contributed by atoms with Gasteiger partial charge in [0.15, 0.2) is 5.96 Å². The van der Waals surface area contributed by atoms with Crippen LogP contribution in [-0.4, -0.2) is 42.3 Å². The van der Waals surface area contributed by atoms with Crippen LogP contribution in [0, 0.1) is 0 Å². The molecule has 1 aromatic heterocycles. The summed E-state index contributed by atoms with van der Waals surface area (Å²) in [5, 5.41) is 6.58. The van der Waals surface area contributed by atoms with Crippen molar-refractivity contribution in [1.29, 1.82) is 0 Å². The molecule has 7 heteroatoms. The van der Waals surface area contributed by atoms with E-state index in [0.29, 0.717) is 6.54 Å². The molecular formula is C17H26IN5O. The Balaban J connectivity index is 0.00000288. The Morgan fingerprint density at radius 2 is 2.12 bits per heavy atom. The SMILES string of the molecule is CCNC(=NCc1ccccc1-n1ccnc1)NCCCOC.I. The van der Waals surface area contributed by atoms with E-state index in [1.54, 1.807) is 19.6 Å². The summed E-state index contributed by atoms with van der Waals surface area (Å²) in [6, 6.07) is 8.22. The van der Waals surface area contributed by atoms with Crippen molar-refractivity contribution in [3.8, 4) is 5.69 Å². The van der Waals surface area contributed by atoms with Gasteiger partial charge >= 0.3 is 0 Å². The smallest absolute Gasteiger partial charge is 0.191 e. The molecular weight excluding hydrogens is 417 g/mol. The number of imidazole rings is 1. The van der Waals surface area contributed by atoms with Crippen LogP contribution in [0.5, 0.6) is 0 Å². The summed E-state index contributed by atoms with van der Waals surface area (Å²) in [4.78, 5) is 8.78. The molecule has 2 rings (SSSR count). The molecule has 0 atom stereocenters. The van der Waals surface area contributed by atoms with E-state index in [9.17, 15) is 0 Å². The topological polar surface area (TPSA) is 63.5 Å². The van der Waals surface area contributed by atoms with Gasteiger partial charge in [-0.1, -0.05) is 18.2 Å². The zero-order valence-electron chi connectivity index (χ0n) is 14.2. The van der Waals surface area contributed by atoms with Gasteiger partial charge in [0.25, 0.3) is 0 Å². The molecule has 0 radical (unpaired) electrons. The lowest BCUT2D eigenvalue weighted by atomic mass is 10.2. The molecule has 24 heavy (non-hydrogen) atoms. The molecule has 1 aromatic carbocycles. The quantitative estimate of drug-likeness (QED) is 0.285. The summed E-state index contributed by atoms with van der Waals surface area (Å²) < 4.78 is 7.06. The van der Waals surface area contributed by atoms with Crippen LogP contribution in [0.2, 0.25) is 0 Å². The average molecular weight is 443 g/mol. The second-order valence-corrected chi connectivity index (χ2v) is 5.07. The maximum absolute atomic E-state index is 5.06. The molecule has 1 heterocycles. The second kappa shape index (κ2) is 11.9. The van der Waals surface area contributed by atoms with Gasteiger partial charge in [-0.15, -0.1) is 24.0 Å². The molecule has 0 saturated carbocycles. The highest BCUT2D eigenvalue weighted by atomic mass is 127. The van der Waals surface area contributed by atoms with Crippen molar-refractivity contribution in [2.45, 2.75) is 19.9 Å². The van der Waals surface area contributed by atoms with Crippen molar-refractivity contribution in [3.05, 3.63) is 48.5 Å². The Hall–Kier alpha value is -1.61. The van der Waals surface area contributed by atoms with E-state index in [1.165, 1.54) is 0 Å². The standard InChI is InChI=1S/C17H25N5O.HI/c1-3-19-17(20-9-6-12-23-2)21-13-15-7-4-5-8-16(15)22-11-10-18-14-22;/h4-5,7-8,10-11,14H,3,6,9,12-13H2,1-2H3,(H2,19,20,21);1H. The maximum Gasteiger partial charge on any atom is 0.191 e. The van der Waals surface area contributed by atoms with Gasteiger partial charge in [0, 0.05) is 39.2 Å². The van der Waals surface area contributed by atoms with E-state index in [2.05, 4.69) is 39.7 Å². The predicted octanol–water partition coefficient (Wildman–Crippen LogP) is 2.58. The number of aromatic nitrogens is 2. The highest BCUT2D eigenvalue weighted by Gasteiger charge is 2.04. The van der Waals surface area contributed by atoms with Gasteiger partial charge in [-0.2, -0.15) is 0 Å². The van der Waals surface area contributed by atoms with Crippen LogP contribution in [0.4, 0.5) is 0 Å². The Bertz CT molecular complexity index is 601. The average Bonchev–Trinajstić information content (AvgIpc) is 3.11. The minimum absolute atomic E-state index is 0. The Labute approximate surface area is 160 Å². The first-order chi connectivity index (χ1) is 11.3. The van der Waals surface area contributed by atoms with Crippen molar-refractivity contribution in [2.24, 2.45) is 4.99 Å². The molecule has 0 amide bonds. The number of nitrogens with zero attached hydrogens (tertiary/aromatic N) is 3. The lowest BCUT2D eigenvalue weighted by Crippen LogP contribution is -2.38. The summed E-state index contributed by atoms with van der Waals surface area (Å²) in [6.45, 7) is 5.08. The molecule has 0 aliphatic heterocycles. The number of guanidine groups is 1. The third-order valence-corrected chi connectivity index (χ3v) is 3.34. The Kier molecular flexibility index (Phi) is 10.1. The van der Waals surface area contributed by atoms with Crippen LogP contribution in [0.3, 0.4) is 0 Å². The van der Waals surface area contributed by atoms with Crippen molar-refractivity contribution in [3.63, 3.8) is 0 Å². The number of aliphatic imine (C=N–C) groups is 1. The first kappa shape index (κ1) is 20.4. The number of halogens is 1. The van der Waals surface area contributed by atoms with Crippen LogP contribution in [-0.2, 0) is 11.3 Å². The zero-order chi connectivity index (χ0) is 16.3.